The van der Waals surface area contributed by atoms with E-state index in [1.165, 1.54) is 0 Å². The molecule has 0 radical (unpaired) electrons. The second kappa shape index (κ2) is 10.9. The van der Waals surface area contributed by atoms with Crippen LogP contribution in [-0.4, -0.2) is 78.9 Å². The van der Waals surface area contributed by atoms with Crippen LogP contribution in [0.2, 0.25) is 10.0 Å². The van der Waals surface area contributed by atoms with E-state index in [-0.39, 0.29) is 11.8 Å². The molecule has 1 N–H and O–H groups in total. The average molecular weight is 415 g/mol. The van der Waals surface area contributed by atoms with E-state index in [0.29, 0.717) is 35.2 Å². The van der Waals surface area contributed by atoms with E-state index >= 15 is 0 Å². The number of likely N-dealkylation sites (N-methyl/N-ethyl adjacent to an activating group) is 1. The fraction of sp³-hybridized carbons (Fsp3) is 0.579. The van der Waals surface area contributed by atoms with Gasteiger partial charge in [0.1, 0.15) is 0 Å². The van der Waals surface area contributed by atoms with E-state index in [9.17, 15) is 9.59 Å². The van der Waals surface area contributed by atoms with Gasteiger partial charge in [-0.1, -0.05) is 29.3 Å². The van der Waals surface area contributed by atoms with Crippen LogP contribution in [-0.2, 0) is 9.59 Å². The van der Waals surface area contributed by atoms with Crippen LogP contribution in [0.4, 0.5) is 5.69 Å². The molecule has 8 heteroatoms. The lowest BCUT2D eigenvalue weighted by Gasteiger charge is -2.35. The van der Waals surface area contributed by atoms with Crippen LogP contribution < -0.4 is 5.32 Å². The maximum Gasteiger partial charge on any atom is 0.236 e. The van der Waals surface area contributed by atoms with Crippen molar-refractivity contribution < 1.29 is 9.59 Å². The first-order chi connectivity index (χ1) is 12.9. The number of benzene rings is 1. The van der Waals surface area contributed by atoms with E-state index in [1.54, 1.807) is 18.2 Å². The maximum atomic E-state index is 12.2. The molecule has 1 saturated heterocycles. The van der Waals surface area contributed by atoms with Crippen LogP contribution in [0.3, 0.4) is 0 Å². The maximum absolute atomic E-state index is 12.2. The Hall–Kier alpha value is -1.34. The van der Waals surface area contributed by atoms with Gasteiger partial charge in [-0.3, -0.25) is 14.5 Å². The Bertz CT molecular complexity index is 624. The molecule has 1 fully saturated rings. The summed E-state index contributed by atoms with van der Waals surface area (Å²) in [5, 5.41) is 3.65. The smallest absolute Gasteiger partial charge is 0.236 e. The summed E-state index contributed by atoms with van der Waals surface area (Å²) in [7, 11) is 0. The van der Waals surface area contributed by atoms with Crippen molar-refractivity contribution in [3.8, 4) is 0 Å². The molecular weight excluding hydrogens is 387 g/mol. The summed E-state index contributed by atoms with van der Waals surface area (Å²) in [5.74, 6) is 0.0774. The first-order valence-electron chi connectivity index (χ1n) is 9.40. The van der Waals surface area contributed by atoms with Crippen LogP contribution in [0.5, 0.6) is 0 Å². The third kappa shape index (κ3) is 6.64. The molecule has 0 aromatic heterocycles. The summed E-state index contributed by atoms with van der Waals surface area (Å²) in [6.07, 6.45) is 0.375. The summed E-state index contributed by atoms with van der Waals surface area (Å²) >= 11 is 12.2. The third-order valence-electron chi connectivity index (χ3n) is 4.82. The number of amides is 2. The van der Waals surface area contributed by atoms with Crippen LogP contribution >= 0.6 is 23.2 Å². The Morgan fingerprint density at radius 2 is 1.59 bits per heavy atom. The quantitative estimate of drug-likeness (QED) is 0.710. The molecule has 150 valence electrons. The largest absolute Gasteiger partial charge is 0.342 e. The Morgan fingerprint density at radius 3 is 2.15 bits per heavy atom. The second-order valence-electron chi connectivity index (χ2n) is 6.58. The molecule has 0 bridgehead atoms. The first kappa shape index (κ1) is 22.0. The predicted octanol–water partition coefficient (Wildman–Crippen LogP) is 2.81. The van der Waals surface area contributed by atoms with Gasteiger partial charge in [0.15, 0.2) is 0 Å². The van der Waals surface area contributed by atoms with Gasteiger partial charge >= 0.3 is 0 Å². The van der Waals surface area contributed by atoms with Gasteiger partial charge in [0.25, 0.3) is 0 Å². The highest BCUT2D eigenvalue weighted by molar-refractivity contribution is 6.39. The molecule has 2 rings (SSSR count). The van der Waals surface area contributed by atoms with Crippen molar-refractivity contribution in [3.63, 3.8) is 0 Å². The Kier molecular flexibility index (Phi) is 8.83. The Morgan fingerprint density at radius 1 is 1.04 bits per heavy atom. The van der Waals surface area contributed by atoms with E-state index in [0.717, 1.165) is 39.3 Å². The first-order valence-corrected chi connectivity index (χ1v) is 10.2. The zero-order valence-electron chi connectivity index (χ0n) is 16.0. The molecule has 0 saturated carbocycles. The number of piperazine rings is 1. The number of nitrogens with zero attached hydrogens (tertiary/aromatic N) is 3. The third-order valence-corrected chi connectivity index (χ3v) is 5.45. The zero-order valence-corrected chi connectivity index (χ0v) is 17.5. The molecule has 27 heavy (non-hydrogen) atoms. The fourth-order valence-corrected chi connectivity index (χ4v) is 3.61. The number of carbonyl (C=O) groups is 2. The van der Waals surface area contributed by atoms with E-state index in [2.05, 4.69) is 15.1 Å². The number of nitrogens with one attached hydrogen (secondary N) is 1. The molecule has 0 spiro atoms. The highest BCUT2D eigenvalue weighted by Gasteiger charge is 2.21. The highest BCUT2D eigenvalue weighted by Crippen LogP contribution is 2.29. The van der Waals surface area contributed by atoms with Crippen molar-refractivity contribution in [3.05, 3.63) is 28.2 Å². The van der Waals surface area contributed by atoms with Crippen molar-refractivity contribution in [2.24, 2.45) is 0 Å². The fourth-order valence-electron chi connectivity index (χ4n) is 3.12. The van der Waals surface area contributed by atoms with Gasteiger partial charge in [-0.2, -0.15) is 0 Å². The average Bonchev–Trinajstić information content (AvgIpc) is 2.65. The van der Waals surface area contributed by atoms with Gasteiger partial charge in [-0.15, -0.1) is 0 Å². The minimum atomic E-state index is -0.107. The molecule has 0 unspecified atom stereocenters. The molecule has 1 aromatic rings. The summed E-state index contributed by atoms with van der Waals surface area (Å²) < 4.78 is 0. The van der Waals surface area contributed by atoms with Crippen molar-refractivity contribution in [2.75, 3.05) is 57.7 Å². The van der Waals surface area contributed by atoms with E-state index < -0.39 is 0 Å². The second-order valence-corrected chi connectivity index (χ2v) is 7.39. The predicted molar refractivity (Wildman–Crippen MR) is 111 cm³/mol. The molecule has 1 aromatic carbocycles. The van der Waals surface area contributed by atoms with Crippen LogP contribution in [0.15, 0.2) is 18.2 Å². The van der Waals surface area contributed by atoms with Crippen LogP contribution in [0.1, 0.15) is 20.3 Å². The van der Waals surface area contributed by atoms with Gasteiger partial charge in [-0.25, -0.2) is 0 Å². The standard InChI is InChI=1S/C19H28Cl2N4O2/c1-3-25(4-2)18(27)14-24-12-10-23(11-13-24)9-8-17(26)22-19-15(20)6-5-7-16(19)21/h5-7H,3-4,8-14H2,1-2H3,(H,22,26). The van der Waals surface area contributed by atoms with E-state index in [1.807, 2.05) is 18.7 Å². The van der Waals surface area contributed by atoms with E-state index in [4.69, 9.17) is 23.2 Å². The summed E-state index contributed by atoms with van der Waals surface area (Å²) in [4.78, 5) is 30.7. The summed E-state index contributed by atoms with van der Waals surface area (Å²) in [6.45, 7) is 10.0. The van der Waals surface area contributed by atoms with Gasteiger partial charge in [0.05, 0.1) is 22.3 Å². The van der Waals surface area contributed by atoms with Gasteiger partial charge in [0, 0.05) is 52.2 Å². The summed E-state index contributed by atoms with van der Waals surface area (Å²) in [6, 6.07) is 5.13. The number of hydrogen-bond donors (Lipinski definition) is 1. The van der Waals surface area contributed by atoms with Crippen LogP contribution in [0.25, 0.3) is 0 Å². The molecule has 1 heterocycles. The Labute approximate surface area is 171 Å². The lowest BCUT2D eigenvalue weighted by molar-refractivity contribution is -0.132. The summed E-state index contributed by atoms with van der Waals surface area (Å²) in [5.41, 5.74) is 0.463. The molecular formula is C19H28Cl2N4O2. The molecule has 0 atom stereocenters. The topological polar surface area (TPSA) is 55.9 Å². The zero-order chi connectivity index (χ0) is 19.8. The normalized spacial score (nSPS) is 15.6. The molecule has 2 amide bonds. The SMILES string of the molecule is CCN(CC)C(=O)CN1CCN(CCC(=O)Nc2c(Cl)cccc2Cl)CC1. The number of para-hydroxylation sites is 1. The number of rotatable bonds is 8. The van der Waals surface area contributed by atoms with Gasteiger partial charge in [-0.05, 0) is 26.0 Å². The van der Waals surface area contributed by atoms with Crippen molar-refractivity contribution in [1.82, 2.24) is 14.7 Å². The monoisotopic (exact) mass is 414 g/mol. The molecule has 1 aliphatic rings. The van der Waals surface area contributed by atoms with Crippen molar-refractivity contribution >= 4 is 40.7 Å². The highest BCUT2D eigenvalue weighted by atomic mass is 35.5. The lowest BCUT2D eigenvalue weighted by Crippen LogP contribution is -2.50. The Balaban J connectivity index is 1.71. The molecule has 1 aliphatic heterocycles. The number of anilines is 1. The van der Waals surface area contributed by atoms with Crippen molar-refractivity contribution in [1.29, 1.82) is 0 Å². The molecule has 6 nitrogen and oxygen atoms in total. The van der Waals surface area contributed by atoms with Crippen molar-refractivity contribution in [2.45, 2.75) is 20.3 Å². The lowest BCUT2D eigenvalue weighted by atomic mass is 10.2. The minimum Gasteiger partial charge on any atom is -0.342 e. The number of carbonyl (C=O) groups excluding carboxylic acids is 2. The number of hydrogen-bond acceptors (Lipinski definition) is 4. The van der Waals surface area contributed by atoms with Crippen LogP contribution in [0, 0.1) is 0 Å². The number of halogens is 2. The van der Waals surface area contributed by atoms with Gasteiger partial charge in [0.2, 0.25) is 11.8 Å². The molecule has 0 aliphatic carbocycles. The minimum absolute atomic E-state index is 0.107. The van der Waals surface area contributed by atoms with Gasteiger partial charge < -0.3 is 15.1 Å².